The Bertz CT molecular complexity index is 766. The topological polar surface area (TPSA) is 27.8 Å². The molecule has 1 aliphatic carbocycles. The molecule has 0 unspecified atom stereocenters. The summed E-state index contributed by atoms with van der Waals surface area (Å²) in [7, 11) is 0. The molecule has 1 aromatic heterocycles. The van der Waals surface area contributed by atoms with Gasteiger partial charge in [0.2, 0.25) is 0 Å². The highest BCUT2D eigenvalue weighted by atomic mass is 14.9. The van der Waals surface area contributed by atoms with Crippen molar-refractivity contribution in [3.8, 4) is 0 Å². The summed E-state index contributed by atoms with van der Waals surface area (Å²) >= 11 is 0. The lowest BCUT2D eigenvalue weighted by Gasteiger charge is -2.37. The number of aromatic amines is 1. The average molecular weight is 276 g/mol. The molecule has 4 rings (SSSR count). The highest BCUT2D eigenvalue weighted by Crippen LogP contribution is 2.38. The van der Waals surface area contributed by atoms with Crippen LogP contribution in [-0.2, 0) is 0 Å². The van der Waals surface area contributed by atoms with Gasteiger partial charge < -0.3 is 10.3 Å². The molecule has 1 saturated carbocycles. The van der Waals surface area contributed by atoms with Crippen molar-refractivity contribution in [2.45, 2.75) is 31.7 Å². The Morgan fingerprint density at radius 3 is 2.81 bits per heavy atom. The van der Waals surface area contributed by atoms with Crippen LogP contribution in [0, 0.1) is 6.92 Å². The van der Waals surface area contributed by atoms with Gasteiger partial charge in [-0.25, -0.2) is 0 Å². The summed E-state index contributed by atoms with van der Waals surface area (Å²) in [6.07, 6.45) is 4.45. The summed E-state index contributed by atoms with van der Waals surface area (Å²) < 4.78 is 0. The van der Waals surface area contributed by atoms with Gasteiger partial charge in [0.25, 0.3) is 0 Å². The first-order valence-electron chi connectivity index (χ1n) is 7.68. The van der Waals surface area contributed by atoms with Crippen molar-refractivity contribution in [3.05, 3.63) is 65.9 Å². The van der Waals surface area contributed by atoms with Crippen LogP contribution in [0.4, 0.5) is 5.69 Å². The monoisotopic (exact) mass is 276 g/mol. The summed E-state index contributed by atoms with van der Waals surface area (Å²) in [5, 5.41) is 4.93. The highest BCUT2D eigenvalue weighted by Gasteiger charge is 2.30. The zero-order valence-electron chi connectivity index (χ0n) is 12.3. The molecular weight excluding hydrogens is 256 g/mol. The fourth-order valence-corrected chi connectivity index (χ4v) is 3.31. The van der Waals surface area contributed by atoms with E-state index in [4.69, 9.17) is 0 Å². The van der Waals surface area contributed by atoms with Gasteiger partial charge in [0.1, 0.15) is 0 Å². The van der Waals surface area contributed by atoms with Crippen LogP contribution >= 0.6 is 0 Å². The molecule has 0 saturated heterocycles. The van der Waals surface area contributed by atoms with Gasteiger partial charge in [-0.1, -0.05) is 29.8 Å². The smallest absolute Gasteiger partial charge is 0.0455 e. The zero-order valence-corrected chi connectivity index (χ0v) is 12.3. The molecule has 2 N–H and O–H groups in total. The first kappa shape index (κ1) is 12.5. The van der Waals surface area contributed by atoms with Crippen molar-refractivity contribution < 1.29 is 0 Å². The minimum Gasteiger partial charge on any atom is -0.382 e. The third kappa shape index (κ3) is 2.42. The Hall–Kier alpha value is -2.22. The maximum atomic E-state index is 3.66. The standard InChI is InChI=1S/C19H20N2/c1-13-3-2-4-14(9-13)16-11-18(12-16)21-17-5-6-19-15(10-17)7-8-20-19/h2-10,16,18,20-21H,11-12H2,1H3. The highest BCUT2D eigenvalue weighted by molar-refractivity contribution is 5.83. The van der Waals surface area contributed by atoms with E-state index in [0.717, 1.165) is 5.92 Å². The van der Waals surface area contributed by atoms with Crippen LogP contribution in [-0.4, -0.2) is 11.0 Å². The minimum atomic E-state index is 0.604. The van der Waals surface area contributed by atoms with E-state index < -0.39 is 0 Å². The molecule has 2 aromatic carbocycles. The number of fused-ring (bicyclic) bond motifs is 1. The molecule has 1 aliphatic rings. The molecule has 0 aliphatic heterocycles. The van der Waals surface area contributed by atoms with Gasteiger partial charge in [-0.3, -0.25) is 0 Å². The molecule has 1 heterocycles. The lowest BCUT2D eigenvalue weighted by Crippen LogP contribution is -2.33. The molecule has 0 atom stereocenters. The second-order valence-corrected chi connectivity index (χ2v) is 6.20. The number of hydrogen-bond donors (Lipinski definition) is 2. The van der Waals surface area contributed by atoms with Gasteiger partial charge >= 0.3 is 0 Å². The fourth-order valence-electron chi connectivity index (χ4n) is 3.31. The number of nitrogens with one attached hydrogen (secondary N) is 2. The number of aromatic nitrogens is 1. The predicted molar refractivity (Wildman–Crippen MR) is 88.9 cm³/mol. The SMILES string of the molecule is Cc1cccc(C2CC(Nc3ccc4[nH]ccc4c3)C2)c1. The molecule has 0 bridgehead atoms. The van der Waals surface area contributed by atoms with Gasteiger partial charge in [0, 0.05) is 28.8 Å². The van der Waals surface area contributed by atoms with Gasteiger partial charge in [0.05, 0.1) is 0 Å². The fraction of sp³-hybridized carbons (Fsp3) is 0.263. The normalized spacial score (nSPS) is 21.2. The molecule has 0 radical (unpaired) electrons. The molecule has 21 heavy (non-hydrogen) atoms. The van der Waals surface area contributed by atoms with Crippen LogP contribution in [0.3, 0.4) is 0 Å². The molecule has 3 aromatic rings. The van der Waals surface area contributed by atoms with Crippen LogP contribution < -0.4 is 5.32 Å². The number of H-pyrrole nitrogens is 1. The predicted octanol–water partition coefficient (Wildman–Crippen LogP) is 4.83. The summed E-state index contributed by atoms with van der Waals surface area (Å²) in [6, 6.07) is 18.2. The second-order valence-electron chi connectivity index (χ2n) is 6.20. The maximum absolute atomic E-state index is 3.66. The van der Waals surface area contributed by atoms with Crippen molar-refractivity contribution in [1.29, 1.82) is 0 Å². The number of benzene rings is 2. The summed E-state index contributed by atoms with van der Waals surface area (Å²) in [5.74, 6) is 0.721. The molecule has 0 spiro atoms. The van der Waals surface area contributed by atoms with Crippen molar-refractivity contribution in [2.75, 3.05) is 5.32 Å². The molecule has 2 nitrogen and oxygen atoms in total. The zero-order chi connectivity index (χ0) is 14.2. The van der Waals surface area contributed by atoms with Gasteiger partial charge in [-0.2, -0.15) is 0 Å². The van der Waals surface area contributed by atoms with E-state index in [9.17, 15) is 0 Å². The van der Waals surface area contributed by atoms with Crippen molar-refractivity contribution in [1.82, 2.24) is 4.98 Å². The van der Waals surface area contributed by atoms with Crippen LogP contribution in [0.1, 0.15) is 29.9 Å². The van der Waals surface area contributed by atoms with Gasteiger partial charge in [-0.15, -0.1) is 0 Å². The van der Waals surface area contributed by atoms with E-state index >= 15 is 0 Å². The van der Waals surface area contributed by atoms with Crippen LogP contribution in [0.15, 0.2) is 54.7 Å². The number of aryl methyl sites for hydroxylation is 1. The second kappa shape index (κ2) is 4.96. The van der Waals surface area contributed by atoms with E-state index in [-0.39, 0.29) is 0 Å². The first-order valence-corrected chi connectivity index (χ1v) is 7.68. The quantitative estimate of drug-likeness (QED) is 0.704. The lowest BCUT2D eigenvalue weighted by molar-refractivity contribution is 0.374. The van der Waals surface area contributed by atoms with Crippen molar-refractivity contribution in [2.24, 2.45) is 0 Å². The summed E-state index contributed by atoms with van der Waals surface area (Å²) in [6.45, 7) is 2.17. The Balaban J connectivity index is 1.41. The van der Waals surface area contributed by atoms with Gasteiger partial charge in [-0.05, 0) is 55.5 Å². The Labute approximate surface area is 125 Å². The average Bonchev–Trinajstić information content (AvgIpc) is 2.89. The van der Waals surface area contributed by atoms with E-state index in [1.54, 1.807) is 0 Å². The number of rotatable bonds is 3. The minimum absolute atomic E-state index is 0.604. The van der Waals surface area contributed by atoms with Crippen molar-refractivity contribution in [3.63, 3.8) is 0 Å². The largest absolute Gasteiger partial charge is 0.382 e. The van der Waals surface area contributed by atoms with Crippen LogP contribution in [0.2, 0.25) is 0 Å². The first-order chi connectivity index (χ1) is 10.3. The van der Waals surface area contributed by atoms with Gasteiger partial charge in [0.15, 0.2) is 0 Å². The third-order valence-corrected chi connectivity index (χ3v) is 4.58. The third-order valence-electron chi connectivity index (χ3n) is 4.58. The Kier molecular flexibility index (Phi) is 2.95. The molecule has 0 amide bonds. The number of hydrogen-bond acceptors (Lipinski definition) is 1. The number of anilines is 1. The van der Waals surface area contributed by atoms with Crippen LogP contribution in [0.5, 0.6) is 0 Å². The summed E-state index contributed by atoms with van der Waals surface area (Å²) in [5.41, 5.74) is 5.29. The van der Waals surface area contributed by atoms with E-state index in [1.165, 1.54) is 40.6 Å². The molecule has 2 heteroatoms. The van der Waals surface area contributed by atoms with Crippen LogP contribution in [0.25, 0.3) is 10.9 Å². The summed E-state index contributed by atoms with van der Waals surface area (Å²) in [4.78, 5) is 3.23. The van der Waals surface area contributed by atoms with E-state index in [0.29, 0.717) is 6.04 Å². The molecule has 106 valence electrons. The molecular formula is C19H20N2. The maximum Gasteiger partial charge on any atom is 0.0455 e. The molecule has 1 fully saturated rings. The van der Waals surface area contributed by atoms with E-state index in [2.05, 4.69) is 65.8 Å². The van der Waals surface area contributed by atoms with Crippen molar-refractivity contribution >= 4 is 16.6 Å². The Morgan fingerprint density at radius 1 is 1.05 bits per heavy atom. The lowest BCUT2D eigenvalue weighted by atomic mass is 9.75. The Morgan fingerprint density at radius 2 is 1.95 bits per heavy atom. The van der Waals surface area contributed by atoms with E-state index in [1.807, 2.05) is 6.20 Å².